The van der Waals surface area contributed by atoms with Gasteiger partial charge in [0.25, 0.3) is 0 Å². The molecule has 0 unspecified atom stereocenters. The van der Waals surface area contributed by atoms with E-state index < -0.39 is 0 Å². The van der Waals surface area contributed by atoms with E-state index >= 15 is 0 Å². The van der Waals surface area contributed by atoms with E-state index in [1.165, 1.54) is 0 Å². The van der Waals surface area contributed by atoms with E-state index in [0.717, 1.165) is 0 Å². The Labute approximate surface area is 104 Å². The average Bonchev–Trinajstić information content (AvgIpc) is 2.12. The third-order valence-corrected chi connectivity index (χ3v) is 1.87. The van der Waals surface area contributed by atoms with Crippen LogP contribution in [-0.2, 0) is 4.79 Å². The van der Waals surface area contributed by atoms with Crippen LogP contribution in [0.1, 0.15) is 41.0 Å². The van der Waals surface area contributed by atoms with Crippen molar-refractivity contribution >= 4 is 11.9 Å². The van der Waals surface area contributed by atoms with E-state index in [-0.39, 0.29) is 23.4 Å². The third kappa shape index (κ3) is 11.0. The van der Waals surface area contributed by atoms with Crippen LogP contribution in [0, 0.1) is 5.41 Å². The van der Waals surface area contributed by atoms with Crippen molar-refractivity contribution in [3.8, 4) is 0 Å². The van der Waals surface area contributed by atoms with Gasteiger partial charge in [-0.15, -0.1) is 0 Å². The van der Waals surface area contributed by atoms with Crippen molar-refractivity contribution in [1.29, 1.82) is 0 Å². The van der Waals surface area contributed by atoms with Crippen molar-refractivity contribution in [2.75, 3.05) is 13.1 Å². The second-order valence-corrected chi connectivity index (χ2v) is 5.64. The van der Waals surface area contributed by atoms with Gasteiger partial charge in [-0.3, -0.25) is 4.79 Å². The minimum Gasteiger partial charge on any atom is -0.354 e. The van der Waals surface area contributed by atoms with Crippen LogP contribution in [0.3, 0.4) is 0 Å². The van der Waals surface area contributed by atoms with Crippen LogP contribution in [0.2, 0.25) is 0 Å². The number of carbonyl (C=O) groups is 2. The molecule has 0 aliphatic rings. The molecule has 0 fully saturated rings. The SMILES string of the molecule is CC(C)NC(=O)CCNC(=O)NCC(C)(C)C. The molecule has 5 heteroatoms. The molecule has 17 heavy (non-hydrogen) atoms. The summed E-state index contributed by atoms with van der Waals surface area (Å²) in [7, 11) is 0. The van der Waals surface area contributed by atoms with Gasteiger partial charge in [-0.05, 0) is 19.3 Å². The van der Waals surface area contributed by atoms with E-state index in [9.17, 15) is 9.59 Å². The maximum Gasteiger partial charge on any atom is 0.314 e. The van der Waals surface area contributed by atoms with Gasteiger partial charge in [0.1, 0.15) is 0 Å². The van der Waals surface area contributed by atoms with Gasteiger partial charge in [0.05, 0.1) is 0 Å². The average molecular weight is 243 g/mol. The lowest BCUT2D eigenvalue weighted by Crippen LogP contribution is -2.41. The number of carbonyl (C=O) groups excluding carboxylic acids is 2. The Hall–Kier alpha value is -1.26. The molecule has 0 aliphatic carbocycles. The predicted octanol–water partition coefficient (Wildman–Crippen LogP) is 1.25. The standard InChI is InChI=1S/C12H25N3O2/c1-9(2)15-10(16)6-7-13-11(17)14-8-12(3,4)5/h9H,6-8H2,1-5H3,(H,15,16)(H2,13,14,17). The molecule has 0 radical (unpaired) electrons. The quantitative estimate of drug-likeness (QED) is 0.680. The predicted molar refractivity (Wildman–Crippen MR) is 68.8 cm³/mol. The Morgan fingerprint density at radius 1 is 1.12 bits per heavy atom. The maximum atomic E-state index is 11.3. The topological polar surface area (TPSA) is 70.2 Å². The van der Waals surface area contributed by atoms with Crippen LogP contribution in [0.15, 0.2) is 0 Å². The summed E-state index contributed by atoms with van der Waals surface area (Å²) >= 11 is 0. The van der Waals surface area contributed by atoms with Crippen molar-refractivity contribution in [3.63, 3.8) is 0 Å². The minimum atomic E-state index is -0.225. The smallest absolute Gasteiger partial charge is 0.314 e. The Balaban J connectivity index is 3.61. The summed E-state index contributed by atoms with van der Waals surface area (Å²) < 4.78 is 0. The molecule has 0 aromatic heterocycles. The molecular formula is C12H25N3O2. The molecule has 0 aliphatic heterocycles. The van der Waals surface area contributed by atoms with Crippen LogP contribution in [0.5, 0.6) is 0 Å². The first-order chi connectivity index (χ1) is 7.70. The van der Waals surface area contributed by atoms with Crippen molar-refractivity contribution in [3.05, 3.63) is 0 Å². The lowest BCUT2D eigenvalue weighted by molar-refractivity contribution is -0.121. The van der Waals surface area contributed by atoms with Gasteiger partial charge in [-0.2, -0.15) is 0 Å². The van der Waals surface area contributed by atoms with Gasteiger partial charge in [-0.25, -0.2) is 4.79 Å². The first-order valence-electron chi connectivity index (χ1n) is 6.02. The van der Waals surface area contributed by atoms with Crippen LogP contribution < -0.4 is 16.0 Å². The van der Waals surface area contributed by atoms with E-state index in [2.05, 4.69) is 16.0 Å². The largest absolute Gasteiger partial charge is 0.354 e. The zero-order valence-electron chi connectivity index (χ0n) is 11.5. The molecule has 0 aromatic rings. The summed E-state index contributed by atoms with van der Waals surface area (Å²) in [6.07, 6.45) is 0.307. The highest BCUT2D eigenvalue weighted by Crippen LogP contribution is 2.09. The highest BCUT2D eigenvalue weighted by atomic mass is 16.2. The Morgan fingerprint density at radius 2 is 1.71 bits per heavy atom. The van der Waals surface area contributed by atoms with Crippen molar-refractivity contribution < 1.29 is 9.59 Å². The zero-order valence-corrected chi connectivity index (χ0v) is 11.5. The summed E-state index contributed by atoms with van der Waals surface area (Å²) in [4.78, 5) is 22.6. The molecule has 0 spiro atoms. The summed E-state index contributed by atoms with van der Waals surface area (Å²) in [5.41, 5.74) is 0.0619. The van der Waals surface area contributed by atoms with E-state index in [0.29, 0.717) is 19.5 Å². The first kappa shape index (κ1) is 15.7. The number of hydrogen-bond acceptors (Lipinski definition) is 2. The van der Waals surface area contributed by atoms with Gasteiger partial charge < -0.3 is 16.0 Å². The molecule has 5 nitrogen and oxygen atoms in total. The van der Waals surface area contributed by atoms with Gasteiger partial charge in [0.15, 0.2) is 0 Å². The molecule has 3 N–H and O–H groups in total. The molecule has 0 saturated carbocycles. The zero-order chi connectivity index (χ0) is 13.5. The molecule has 3 amide bonds. The third-order valence-electron chi connectivity index (χ3n) is 1.87. The second kappa shape index (κ2) is 7.14. The molecule has 0 aromatic carbocycles. The number of hydrogen-bond donors (Lipinski definition) is 3. The number of rotatable bonds is 5. The number of amides is 3. The minimum absolute atomic E-state index is 0.0453. The van der Waals surface area contributed by atoms with Crippen LogP contribution in [-0.4, -0.2) is 31.1 Å². The highest BCUT2D eigenvalue weighted by molar-refractivity contribution is 5.78. The van der Waals surface area contributed by atoms with Gasteiger partial charge in [0, 0.05) is 25.6 Å². The normalized spacial score (nSPS) is 11.2. The fourth-order valence-corrected chi connectivity index (χ4v) is 1.09. The second-order valence-electron chi connectivity index (χ2n) is 5.64. The summed E-state index contributed by atoms with van der Waals surface area (Å²) in [5, 5.41) is 8.17. The van der Waals surface area contributed by atoms with Gasteiger partial charge in [-0.1, -0.05) is 20.8 Å². The van der Waals surface area contributed by atoms with Gasteiger partial charge in [0.2, 0.25) is 5.91 Å². The molecule has 100 valence electrons. The Morgan fingerprint density at radius 3 is 2.18 bits per heavy atom. The molecule has 0 saturated heterocycles. The molecule has 0 heterocycles. The van der Waals surface area contributed by atoms with E-state index in [1.807, 2.05) is 34.6 Å². The fourth-order valence-electron chi connectivity index (χ4n) is 1.09. The van der Waals surface area contributed by atoms with Gasteiger partial charge >= 0.3 is 6.03 Å². The molecule has 0 rings (SSSR count). The monoisotopic (exact) mass is 243 g/mol. The van der Waals surface area contributed by atoms with Crippen LogP contribution >= 0.6 is 0 Å². The van der Waals surface area contributed by atoms with Crippen LogP contribution in [0.25, 0.3) is 0 Å². The molecular weight excluding hydrogens is 218 g/mol. The van der Waals surface area contributed by atoms with Crippen molar-refractivity contribution in [2.24, 2.45) is 5.41 Å². The fraction of sp³-hybridized carbons (Fsp3) is 0.833. The summed E-state index contributed by atoms with van der Waals surface area (Å²) in [6.45, 7) is 10.9. The maximum absolute atomic E-state index is 11.3. The van der Waals surface area contributed by atoms with E-state index in [1.54, 1.807) is 0 Å². The number of urea groups is 1. The summed E-state index contributed by atoms with van der Waals surface area (Å²) in [5.74, 6) is -0.0453. The lowest BCUT2D eigenvalue weighted by atomic mass is 9.97. The van der Waals surface area contributed by atoms with Crippen molar-refractivity contribution in [2.45, 2.75) is 47.1 Å². The first-order valence-corrected chi connectivity index (χ1v) is 6.02. The molecule has 0 atom stereocenters. The number of nitrogens with one attached hydrogen (secondary N) is 3. The molecule has 0 bridgehead atoms. The Bertz CT molecular complexity index is 257. The van der Waals surface area contributed by atoms with Crippen molar-refractivity contribution in [1.82, 2.24) is 16.0 Å². The summed E-state index contributed by atoms with van der Waals surface area (Å²) in [6, 6.07) is -0.0884. The van der Waals surface area contributed by atoms with E-state index in [4.69, 9.17) is 0 Å². The Kier molecular flexibility index (Phi) is 6.61. The highest BCUT2D eigenvalue weighted by Gasteiger charge is 2.11. The van der Waals surface area contributed by atoms with Crippen LogP contribution in [0.4, 0.5) is 4.79 Å². The lowest BCUT2D eigenvalue weighted by Gasteiger charge is -2.18.